The van der Waals surface area contributed by atoms with Gasteiger partial charge in [-0.15, -0.1) is 0 Å². The third-order valence-corrected chi connectivity index (χ3v) is 4.19. The van der Waals surface area contributed by atoms with E-state index in [1.165, 1.54) is 35.4 Å². The van der Waals surface area contributed by atoms with Crippen LogP contribution in [-0.2, 0) is 0 Å². The molecule has 26 heavy (non-hydrogen) atoms. The van der Waals surface area contributed by atoms with Gasteiger partial charge in [-0.1, -0.05) is 17.4 Å². The van der Waals surface area contributed by atoms with E-state index in [1.54, 1.807) is 31.3 Å². The normalized spacial score (nSPS) is 10.0. The van der Waals surface area contributed by atoms with Crippen molar-refractivity contribution in [3.8, 4) is 16.9 Å². The van der Waals surface area contributed by atoms with Crippen LogP contribution < -0.4 is 15.0 Å². The number of thiazole rings is 1. The second-order valence-corrected chi connectivity index (χ2v) is 6.18. The van der Waals surface area contributed by atoms with Gasteiger partial charge in [0.25, 0.3) is 0 Å². The maximum absolute atomic E-state index is 12.9. The first-order valence-corrected chi connectivity index (χ1v) is 8.31. The van der Waals surface area contributed by atoms with Gasteiger partial charge < -0.3 is 4.74 Å². The van der Waals surface area contributed by atoms with Crippen LogP contribution in [0.5, 0.6) is 10.8 Å². The number of nitrogens with one attached hydrogen (secondary N) is 1. The summed E-state index contributed by atoms with van der Waals surface area (Å²) in [5.74, 6) is 0.122. The zero-order chi connectivity index (χ0) is 18.5. The van der Waals surface area contributed by atoms with E-state index < -0.39 is 6.03 Å². The van der Waals surface area contributed by atoms with Gasteiger partial charge in [0.15, 0.2) is 5.13 Å². The molecule has 0 spiro atoms. The monoisotopic (exact) mass is 368 g/mol. The van der Waals surface area contributed by atoms with E-state index in [1.807, 2.05) is 6.07 Å². The molecule has 2 aromatic carbocycles. The molecule has 0 saturated heterocycles. The summed E-state index contributed by atoms with van der Waals surface area (Å²) >= 11 is 1.14. The van der Waals surface area contributed by atoms with Crippen molar-refractivity contribution >= 4 is 28.2 Å². The Kier molecular flexibility index (Phi) is 5.10. The number of aromatic nitrogens is 1. The van der Waals surface area contributed by atoms with E-state index in [4.69, 9.17) is 10.00 Å². The third-order valence-electron chi connectivity index (χ3n) is 3.40. The molecule has 3 rings (SSSR count). The molecule has 0 radical (unpaired) electrons. The van der Waals surface area contributed by atoms with E-state index >= 15 is 0 Å². The minimum atomic E-state index is -0.400. The van der Waals surface area contributed by atoms with Crippen LogP contribution in [0.3, 0.4) is 0 Å². The van der Waals surface area contributed by atoms with Crippen LogP contribution >= 0.6 is 11.3 Å². The quantitative estimate of drug-likeness (QED) is 0.729. The van der Waals surface area contributed by atoms with Gasteiger partial charge in [0.05, 0.1) is 17.8 Å². The summed E-state index contributed by atoms with van der Waals surface area (Å²) in [7, 11) is 1.59. The fourth-order valence-electron chi connectivity index (χ4n) is 2.06. The van der Waals surface area contributed by atoms with Crippen LogP contribution in [0.15, 0.2) is 54.7 Å². The molecule has 0 aliphatic carbocycles. The van der Waals surface area contributed by atoms with E-state index in [0.717, 1.165) is 11.3 Å². The number of hydrogen-bond acceptors (Lipinski definition) is 5. The molecule has 6 nitrogen and oxygen atoms in total. The van der Waals surface area contributed by atoms with Crippen molar-refractivity contribution in [3.63, 3.8) is 0 Å². The van der Waals surface area contributed by atoms with Crippen LogP contribution in [0.25, 0.3) is 0 Å². The maximum Gasteiger partial charge on any atom is 0.327 e. The lowest BCUT2D eigenvalue weighted by Crippen LogP contribution is -2.31. The molecule has 3 aromatic rings. The molecule has 8 heteroatoms. The number of hydrogen-bond donors (Lipinski definition) is 1. The Morgan fingerprint density at radius 3 is 2.81 bits per heavy atom. The van der Waals surface area contributed by atoms with Crippen molar-refractivity contribution in [2.24, 2.45) is 0 Å². The van der Waals surface area contributed by atoms with E-state index in [9.17, 15) is 9.18 Å². The molecule has 0 fully saturated rings. The Morgan fingerprint density at radius 2 is 2.08 bits per heavy atom. The summed E-state index contributed by atoms with van der Waals surface area (Å²) < 4.78 is 18.5. The smallest absolute Gasteiger partial charge is 0.327 e. The van der Waals surface area contributed by atoms with Crippen molar-refractivity contribution in [1.82, 2.24) is 4.98 Å². The van der Waals surface area contributed by atoms with Gasteiger partial charge in [-0.25, -0.2) is 14.2 Å². The molecule has 0 atom stereocenters. The summed E-state index contributed by atoms with van der Waals surface area (Å²) in [5.41, 5.74) is 1.05. The molecular weight excluding hydrogens is 355 g/mol. The largest absolute Gasteiger partial charge is 0.445 e. The molecule has 0 bridgehead atoms. The first-order valence-electron chi connectivity index (χ1n) is 7.49. The number of carbonyl (C=O) groups excluding carboxylic acids is 1. The summed E-state index contributed by atoms with van der Waals surface area (Å²) in [4.78, 5) is 17.8. The Morgan fingerprint density at radius 1 is 1.31 bits per heavy atom. The highest BCUT2D eigenvalue weighted by Gasteiger charge is 2.14. The first kappa shape index (κ1) is 17.4. The van der Waals surface area contributed by atoms with E-state index in [2.05, 4.69) is 10.3 Å². The number of ether oxygens (including phenoxy) is 1. The second kappa shape index (κ2) is 7.63. The first-order chi connectivity index (χ1) is 12.5. The number of benzene rings is 2. The molecule has 1 N–H and O–H groups in total. The molecule has 2 amide bonds. The highest BCUT2D eigenvalue weighted by atomic mass is 32.1. The van der Waals surface area contributed by atoms with Crippen LogP contribution in [0.1, 0.15) is 5.56 Å². The molecule has 130 valence electrons. The fourth-order valence-corrected chi connectivity index (χ4v) is 2.74. The van der Waals surface area contributed by atoms with Crippen LogP contribution in [0.2, 0.25) is 0 Å². The average molecular weight is 368 g/mol. The standard InChI is InChI=1S/C18H13FN4O2S/c1-23(14-4-2-3-12(9-14)10-20)18(24)22-17-21-11-16(26-17)25-15-7-5-13(19)6-8-15/h2-9,11H,1H3,(H,21,22,24). The van der Waals surface area contributed by atoms with Crippen LogP contribution in [0, 0.1) is 17.1 Å². The van der Waals surface area contributed by atoms with Gasteiger partial charge >= 0.3 is 6.03 Å². The van der Waals surface area contributed by atoms with Crippen molar-refractivity contribution in [2.45, 2.75) is 0 Å². The summed E-state index contributed by atoms with van der Waals surface area (Å²) in [6, 6.07) is 13.9. The molecule has 0 aliphatic heterocycles. The van der Waals surface area contributed by atoms with E-state index in [0.29, 0.717) is 27.2 Å². The van der Waals surface area contributed by atoms with Crippen molar-refractivity contribution in [3.05, 3.63) is 66.1 Å². The highest BCUT2D eigenvalue weighted by Crippen LogP contribution is 2.30. The number of anilines is 2. The molecule has 0 unspecified atom stereocenters. The minimum absolute atomic E-state index is 0.349. The number of carbonyl (C=O) groups is 1. The number of nitriles is 1. The fraction of sp³-hybridized carbons (Fsp3) is 0.0556. The van der Waals surface area contributed by atoms with E-state index in [-0.39, 0.29) is 5.82 Å². The minimum Gasteiger partial charge on any atom is -0.445 e. The summed E-state index contributed by atoms with van der Waals surface area (Å²) in [5, 5.41) is 12.4. The number of halogens is 1. The van der Waals surface area contributed by atoms with Crippen LogP contribution in [-0.4, -0.2) is 18.1 Å². The lowest BCUT2D eigenvalue weighted by molar-refractivity contribution is 0.258. The molecule has 1 aromatic heterocycles. The van der Waals surface area contributed by atoms with Gasteiger partial charge in [0.2, 0.25) is 5.06 Å². The Hall–Kier alpha value is -3.44. The molecular formula is C18H13FN4O2S. The number of nitrogens with zero attached hydrogens (tertiary/aromatic N) is 3. The molecule has 1 heterocycles. The number of amides is 2. The molecule has 0 aliphatic rings. The van der Waals surface area contributed by atoms with Crippen molar-refractivity contribution in [2.75, 3.05) is 17.3 Å². The SMILES string of the molecule is CN(C(=O)Nc1ncc(Oc2ccc(F)cc2)s1)c1cccc(C#N)c1. The van der Waals surface area contributed by atoms with Crippen LogP contribution in [0.4, 0.5) is 20.0 Å². The molecule has 0 saturated carbocycles. The Balaban J connectivity index is 1.65. The second-order valence-electron chi connectivity index (χ2n) is 5.19. The Bertz CT molecular complexity index is 966. The number of urea groups is 1. The number of rotatable bonds is 4. The summed E-state index contributed by atoms with van der Waals surface area (Å²) in [6.45, 7) is 0. The highest BCUT2D eigenvalue weighted by molar-refractivity contribution is 7.17. The third kappa shape index (κ3) is 4.15. The lowest BCUT2D eigenvalue weighted by Gasteiger charge is -2.17. The van der Waals surface area contributed by atoms with Gasteiger partial charge in [0.1, 0.15) is 11.6 Å². The van der Waals surface area contributed by atoms with Gasteiger partial charge in [0, 0.05) is 12.7 Å². The van der Waals surface area contributed by atoms with Gasteiger partial charge in [-0.2, -0.15) is 5.26 Å². The van der Waals surface area contributed by atoms with Gasteiger partial charge in [-0.05, 0) is 42.5 Å². The summed E-state index contributed by atoms with van der Waals surface area (Å²) in [6.07, 6.45) is 1.47. The van der Waals surface area contributed by atoms with Crippen molar-refractivity contribution < 1.29 is 13.9 Å². The van der Waals surface area contributed by atoms with Gasteiger partial charge in [-0.3, -0.25) is 10.2 Å². The Labute approximate surface area is 153 Å². The topological polar surface area (TPSA) is 78.2 Å². The lowest BCUT2D eigenvalue weighted by atomic mass is 10.2. The zero-order valence-electron chi connectivity index (χ0n) is 13.6. The van der Waals surface area contributed by atoms with Crippen molar-refractivity contribution in [1.29, 1.82) is 5.26 Å². The predicted octanol–water partition coefficient (Wildman–Crippen LogP) is 4.61. The maximum atomic E-state index is 12.9. The zero-order valence-corrected chi connectivity index (χ0v) is 14.5. The predicted molar refractivity (Wildman–Crippen MR) is 97.2 cm³/mol. The average Bonchev–Trinajstić information content (AvgIpc) is 3.09.